The summed E-state index contributed by atoms with van der Waals surface area (Å²) in [4.78, 5) is 0. The van der Waals surface area contributed by atoms with Crippen molar-refractivity contribution in [3.8, 4) is 0 Å². The van der Waals surface area contributed by atoms with Crippen molar-refractivity contribution < 1.29 is 18.0 Å². The van der Waals surface area contributed by atoms with E-state index in [0.29, 0.717) is 13.2 Å². The van der Waals surface area contributed by atoms with Gasteiger partial charge in [0, 0.05) is 0 Å². The highest BCUT2D eigenvalue weighted by molar-refractivity contribution is 7.54. The minimum atomic E-state index is -3.05. The van der Waals surface area contributed by atoms with Crippen molar-refractivity contribution >= 4 is 13.7 Å². The van der Waals surface area contributed by atoms with Crippen LogP contribution >= 0.6 is 7.60 Å². The van der Waals surface area contributed by atoms with Gasteiger partial charge in [-0.25, -0.2) is 4.39 Å². The van der Waals surface area contributed by atoms with Crippen LogP contribution in [0.2, 0.25) is 0 Å². The van der Waals surface area contributed by atoms with Gasteiger partial charge in [-0.3, -0.25) is 4.57 Å². The Morgan fingerprint density at radius 1 is 1.28 bits per heavy atom. The third-order valence-corrected chi connectivity index (χ3v) is 4.10. The molecule has 0 aliphatic carbocycles. The normalized spacial score (nSPS) is 12.2. The Balaban J connectivity index is 2.64. The molecule has 5 heteroatoms. The molecule has 0 N–H and O–H groups in total. The molecule has 0 radical (unpaired) electrons. The Bertz CT molecular complexity index is 436. The van der Waals surface area contributed by atoms with Crippen LogP contribution < -0.4 is 0 Å². The largest absolute Gasteiger partial charge is 0.334 e. The lowest BCUT2D eigenvalue weighted by Gasteiger charge is -2.14. The summed E-state index contributed by atoms with van der Waals surface area (Å²) in [7, 11) is -3.05. The topological polar surface area (TPSA) is 35.5 Å². The van der Waals surface area contributed by atoms with E-state index in [9.17, 15) is 8.96 Å². The average Bonchev–Trinajstić information content (AvgIpc) is 2.29. The van der Waals surface area contributed by atoms with Crippen LogP contribution in [-0.2, 0) is 13.6 Å². The molecule has 1 rings (SSSR count). The van der Waals surface area contributed by atoms with E-state index in [-0.39, 0.29) is 12.0 Å². The number of hydrogen-bond donors (Lipinski definition) is 0. The third-order valence-electron chi connectivity index (χ3n) is 2.14. The lowest BCUT2D eigenvalue weighted by molar-refractivity contribution is 0.222. The predicted octanol–water partition coefficient (Wildman–Crippen LogP) is 4.11. The van der Waals surface area contributed by atoms with E-state index in [1.807, 2.05) is 0 Å². The van der Waals surface area contributed by atoms with Gasteiger partial charge in [0.05, 0.1) is 19.4 Å². The fourth-order valence-corrected chi connectivity index (χ4v) is 2.90. The van der Waals surface area contributed by atoms with Crippen LogP contribution in [0.3, 0.4) is 0 Å². The van der Waals surface area contributed by atoms with E-state index in [1.165, 1.54) is 12.1 Å². The van der Waals surface area contributed by atoms with Crippen molar-refractivity contribution in [3.05, 3.63) is 41.7 Å². The van der Waals surface area contributed by atoms with E-state index in [4.69, 9.17) is 9.05 Å². The third kappa shape index (κ3) is 5.13. The Hall–Kier alpha value is -0.960. The first-order valence-corrected chi connectivity index (χ1v) is 7.62. The second-order valence-corrected chi connectivity index (χ2v) is 5.69. The molecule has 0 heterocycles. The van der Waals surface area contributed by atoms with E-state index in [0.717, 1.165) is 5.56 Å². The highest BCUT2D eigenvalue weighted by Crippen LogP contribution is 2.47. The first-order valence-electron chi connectivity index (χ1n) is 5.90. The van der Waals surface area contributed by atoms with Crippen molar-refractivity contribution in [2.75, 3.05) is 19.4 Å². The van der Waals surface area contributed by atoms with Gasteiger partial charge in [-0.1, -0.05) is 24.3 Å². The van der Waals surface area contributed by atoms with Crippen LogP contribution in [0.25, 0.3) is 6.08 Å². The first-order chi connectivity index (χ1) is 8.59. The van der Waals surface area contributed by atoms with Crippen LogP contribution in [0.15, 0.2) is 30.3 Å². The van der Waals surface area contributed by atoms with Crippen LogP contribution in [-0.4, -0.2) is 19.4 Å². The number of benzene rings is 1. The summed E-state index contributed by atoms with van der Waals surface area (Å²) in [5, 5.41) is 0. The van der Waals surface area contributed by atoms with Gasteiger partial charge in [0.15, 0.2) is 0 Å². The molecular weight excluding hydrogens is 254 g/mol. The zero-order valence-corrected chi connectivity index (χ0v) is 11.5. The SMILES string of the molecule is CCOP(=O)(C/C=C/c1cccc(F)c1)OCC. The van der Waals surface area contributed by atoms with Crippen molar-refractivity contribution in [2.24, 2.45) is 0 Å². The molecule has 1 aromatic rings. The molecule has 0 bridgehead atoms. The second kappa shape index (κ2) is 7.47. The predicted molar refractivity (Wildman–Crippen MR) is 71.2 cm³/mol. The molecule has 3 nitrogen and oxygen atoms in total. The van der Waals surface area contributed by atoms with Crippen molar-refractivity contribution in [1.82, 2.24) is 0 Å². The van der Waals surface area contributed by atoms with Crippen LogP contribution in [0.1, 0.15) is 19.4 Å². The lowest BCUT2D eigenvalue weighted by Crippen LogP contribution is -1.98. The molecule has 0 amide bonds. The average molecular weight is 272 g/mol. The molecule has 0 aliphatic heterocycles. The zero-order valence-electron chi connectivity index (χ0n) is 10.6. The molecule has 0 saturated heterocycles. The number of hydrogen-bond acceptors (Lipinski definition) is 3. The molecule has 0 spiro atoms. The fraction of sp³-hybridized carbons (Fsp3) is 0.385. The monoisotopic (exact) mass is 272 g/mol. The molecule has 18 heavy (non-hydrogen) atoms. The van der Waals surface area contributed by atoms with Crippen LogP contribution in [0, 0.1) is 5.82 Å². The lowest BCUT2D eigenvalue weighted by atomic mass is 10.2. The Morgan fingerprint density at radius 3 is 2.50 bits per heavy atom. The summed E-state index contributed by atoms with van der Waals surface area (Å²) in [6.45, 7) is 4.21. The summed E-state index contributed by atoms with van der Waals surface area (Å²) in [6.07, 6.45) is 3.57. The molecular formula is C13H18FO3P. The quantitative estimate of drug-likeness (QED) is 0.701. The van der Waals surface area contributed by atoms with Crippen LogP contribution in [0.4, 0.5) is 4.39 Å². The molecule has 0 atom stereocenters. The van der Waals surface area contributed by atoms with E-state index < -0.39 is 7.60 Å². The summed E-state index contributed by atoms with van der Waals surface area (Å²) in [5.74, 6) is -0.296. The van der Waals surface area contributed by atoms with Gasteiger partial charge in [-0.05, 0) is 31.5 Å². The van der Waals surface area contributed by atoms with E-state index in [1.54, 1.807) is 38.1 Å². The molecule has 0 unspecified atom stereocenters. The highest BCUT2D eigenvalue weighted by Gasteiger charge is 2.20. The van der Waals surface area contributed by atoms with Crippen LogP contribution in [0.5, 0.6) is 0 Å². The summed E-state index contributed by atoms with van der Waals surface area (Å²) in [6, 6.07) is 6.18. The van der Waals surface area contributed by atoms with Crippen molar-refractivity contribution in [3.63, 3.8) is 0 Å². The first kappa shape index (κ1) is 15.1. The van der Waals surface area contributed by atoms with Crippen molar-refractivity contribution in [2.45, 2.75) is 13.8 Å². The maximum Gasteiger partial charge on any atom is 0.334 e. The minimum Gasteiger partial charge on any atom is -0.309 e. The Morgan fingerprint density at radius 2 is 1.94 bits per heavy atom. The van der Waals surface area contributed by atoms with Crippen molar-refractivity contribution in [1.29, 1.82) is 0 Å². The zero-order chi connectivity index (χ0) is 13.4. The molecule has 0 aliphatic rings. The van der Waals surface area contributed by atoms with Gasteiger partial charge in [0.2, 0.25) is 0 Å². The highest BCUT2D eigenvalue weighted by atomic mass is 31.2. The number of halogens is 1. The molecule has 1 aromatic carbocycles. The van der Waals surface area contributed by atoms with Gasteiger partial charge >= 0.3 is 7.60 Å². The van der Waals surface area contributed by atoms with Gasteiger partial charge < -0.3 is 9.05 Å². The Kier molecular flexibility index (Phi) is 6.27. The fourth-order valence-electron chi connectivity index (χ4n) is 1.46. The van der Waals surface area contributed by atoms with Gasteiger partial charge in [-0.15, -0.1) is 0 Å². The minimum absolute atomic E-state index is 0.186. The summed E-state index contributed by atoms with van der Waals surface area (Å²) < 4.78 is 35.3. The maximum absolute atomic E-state index is 12.9. The number of allylic oxidation sites excluding steroid dienone is 1. The van der Waals surface area contributed by atoms with Gasteiger partial charge in [-0.2, -0.15) is 0 Å². The number of rotatable bonds is 7. The smallest absolute Gasteiger partial charge is 0.309 e. The second-order valence-electron chi connectivity index (χ2n) is 3.59. The van der Waals surface area contributed by atoms with Gasteiger partial charge in [0.25, 0.3) is 0 Å². The van der Waals surface area contributed by atoms with E-state index in [2.05, 4.69) is 0 Å². The molecule has 0 saturated carbocycles. The van der Waals surface area contributed by atoms with Gasteiger partial charge in [0.1, 0.15) is 5.82 Å². The molecule has 100 valence electrons. The standard InChI is InChI=1S/C13H18FO3P/c1-3-16-18(15,17-4-2)10-6-8-12-7-5-9-13(14)11-12/h5-9,11H,3-4,10H2,1-2H3/b8-6+. The Labute approximate surface area is 107 Å². The molecule has 0 fully saturated rings. The summed E-state index contributed by atoms with van der Waals surface area (Å²) in [5.41, 5.74) is 0.717. The molecule has 0 aromatic heterocycles. The maximum atomic E-state index is 12.9. The summed E-state index contributed by atoms with van der Waals surface area (Å²) >= 11 is 0. The van der Waals surface area contributed by atoms with E-state index >= 15 is 0 Å².